The maximum absolute atomic E-state index is 14.0. The number of aromatic nitrogens is 4. The topological polar surface area (TPSA) is 144 Å². The summed E-state index contributed by atoms with van der Waals surface area (Å²) in [7, 11) is -8.49. The van der Waals surface area contributed by atoms with Crippen molar-refractivity contribution in [1.29, 1.82) is 0 Å². The number of rotatable bonds is 4. The van der Waals surface area contributed by atoms with Crippen molar-refractivity contribution < 1.29 is 16.8 Å². The van der Waals surface area contributed by atoms with Crippen LogP contribution < -0.4 is 11.1 Å². The number of benzene rings is 4. The Labute approximate surface area is 265 Å². The minimum Gasteiger partial charge on any atom is -0.268 e. The fourth-order valence-electron chi connectivity index (χ4n) is 5.83. The number of imidazole rings is 2. The zero-order valence-electron chi connectivity index (χ0n) is 21.2. The van der Waals surface area contributed by atoms with Crippen LogP contribution >= 0.6 is 47.1 Å². The van der Waals surface area contributed by atoms with Crippen molar-refractivity contribution in [2.24, 2.45) is 0 Å². The van der Waals surface area contributed by atoms with Crippen LogP contribution in [0.15, 0.2) is 80.0 Å². The predicted octanol–water partition coefficient (Wildman–Crippen LogP) is 4.94. The van der Waals surface area contributed by atoms with Gasteiger partial charge in [0.15, 0.2) is 0 Å². The zero-order valence-corrected chi connectivity index (χ0v) is 25.9. The van der Waals surface area contributed by atoms with Crippen LogP contribution in [-0.2, 0) is 20.0 Å². The van der Waals surface area contributed by atoms with Crippen molar-refractivity contribution in [3.8, 4) is 0 Å². The number of hydrogen-bond acceptors (Lipinski definition) is 8. The van der Waals surface area contributed by atoms with Crippen LogP contribution in [0, 0.1) is 0 Å². The number of nitrogens with zero attached hydrogens (tertiary/aromatic N) is 6. The summed E-state index contributed by atoms with van der Waals surface area (Å²) in [4.78, 5) is 36.7. The average Bonchev–Trinajstić information content (AvgIpc) is 3.57. The molecule has 0 amide bonds. The fourth-order valence-corrected chi connectivity index (χ4v) is 8.10. The van der Waals surface area contributed by atoms with Gasteiger partial charge in [0, 0.05) is 79.4 Å². The Morgan fingerprint density at radius 1 is 0.545 bits per heavy atom. The van der Waals surface area contributed by atoms with Gasteiger partial charge in [-0.25, -0.2) is 26.8 Å². The fraction of sp³-hybridized carbons (Fsp3) is 0. The van der Waals surface area contributed by atoms with Gasteiger partial charge in [-0.1, -0.05) is 0 Å². The molecule has 4 aromatic heterocycles. The second-order valence-corrected chi connectivity index (χ2v) is 16.0. The molecule has 0 fully saturated rings. The third-order valence-corrected chi connectivity index (χ3v) is 12.3. The highest BCUT2D eigenvalue weighted by molar-refractivity contribution is 7.91. The molecular formula is C26H10Cl4N6O6S2. The van der Waals surface area contributed by atoms with E-state index < -0.39 is 31.2 Å². The molecule has 8 rings (SSSR count). The lowest BCUT2D eigenvalue weighted by molar-refractivity contribution is 0.578. The summed E-state index contributed by atoms with van der Waals surface area (Å²) in [5.74, 6) is 0. The first-order chi connectivity index (χ1) is 20.8. The van der Waals surface area contributed by atoms with Crippen LogP contribution in [0.5, 0.6) is 0 Å². The minimum atomic E-state index is -4.24. The molecule has 4 aromatic carbocycles. The number of pyridine rings is 2. The number of hydrogen-bond donors (Lipinski definition) is 0. The Morgan fingerprint density at radius 2 is 0.909 bits per heavy atom. The first kappa shape index (κ1) is 27.9. The van der Waals surface area contributed by atoms with Gasteiger partial charge in [-0.3, -0.25) is 18.4 Å². The van der Waals surface area contributed by atoms with Crippen molar-refractivity contribution in [2.45, 2.75) is 9.79 Å². The molecule has 0 unspecified atom stereocenters. The van der Waals surface area contributed by atoms with Gasteiger partial charge in [-0.2, -0.15) is 0 Å². The predicted molar refractivity (Wildman–Crippen MR) is 168 cm³/mol. The van der Waals surface area contributed by atoms with Gasteiger partial charge in [-0.05, 0) is 67.4 Å². The summed E-state index contributed by atoms with van der Waals surface area (Å²) in [6, 6.07) is 14.5. The van der Waals surface area contributed by atoms with Gasteiger partial charge in [0.05, 0.1) is 31.9 Å². The Morgan fingerprint density at radius 3 is 1.27 bits per heavy atom. The van der Waals surface area contributed by atoms with Crippen molar-refractivity contribution >= 4 is 133 Å². The van der Waals surface area contributed by atoms with E-state index in [1.165, 1.54) is 45.2 Å². The second-order valence-electron chi connectivity index (χ2n) is 9.88. The lowest BCUT2D eigenvalue weighted by Crippen LogP contribution is -2.17. The maximum atomic E-state index is 14.0. The van der Waals surface area contributed by atoms with E-state index in [2.05, 4.69) is 9.97 Å². The maximum Gasteiger partial charge on any atom is 0.270 e. The highest BCUT2D eigenvalue weighted by atomic mass is 35.6. The standard InChI is InChI=1S/C26H10Cl4N6O6S2/c27-35(28)43(39,40)11-1-7-17-19(9-11)33-23(31-17)13-3-5-16-22-14(4-6-15(21(13)22)25(33)37)24-32-18-8-2-12(44(41,42)36(29)30)10-20(18)34(24)26(16)38/h1-10H. The van der Waals surface area contributed by atoms with Crippen LogP contribution in [0.1, 0.15) is 0 Å². The second kappa shape index (κ2) is 8.99. The van der Waals surface area contributed by atoms with Crippen LogP contribution in [0.3, 0.4) is 0 Å². The molecule has 0 saturated carbocycles. The van der Waals surface area contributed by atoms with E-state index in [1.54, 1.807) is 24.3 Å². The lowest BCUT2D eigenvalue weighted by atomic mass is 9.96. The molecule has 0 atom stereocenters. The SMILES string of the molecule is O=c1c2ccc3c4c(ccc(c24)c2nc4ccc(S(=O)(=O)N(Cl)Cl)cc4n12)c(=O)n1c2cc(S(=O)(=O)N(Cl)Cl)ccc2nc31. The van der Waals surface area contributed by atoms with E-state index in [-0.39, 0.29) is 49.6 Å². The van der Waals surface area contributed by atoms with Crippen LogP contribution in [-0.4, -0.2) is 42.3 Å². The third kappa shape index (κ3) is 3.47. The molecule has 4 heterocycles. The van der Waals surface area contributed by atoms with E-state index in [1.807, 2.05) is 0 Å². The summed E-state index contributed by atoms with van der Waals surface area (Å²) >= 11 is 22.1. The first-order valence-electron chi connectivity index (χ1n) is 12.3. The van der Waals surface area contributed by atoms with Gasteiger partial charge in [-0.15, -0.1) is 0 Å². The molecule has 0 N–H and O–H groups in total. The number of halogens is 4. The quantitative estimate of drug-likeness (QED) is 0.185. The molecule has 0 spiro atoms. The Balaban J connectivity index is 1.51. The van der Waals surface area contributed by atoms with E-state index in [9.17, 15) is 26.4 Å². The smallest absolute Gasteiger partial charge is 0.268 e. The molecule has 0 bridgehead atoms. The Kier molecular flexibility index (Phi) is 5.70. The number of sulfonamides is 2. The summed E-state index contributed by atoms with van der Waals surface area (Å²) in [6.07, 6.45) is 0. The molecule has 0 saturated heterocycles. The van der Waals surface area contributed by atoms with Crippen molar-refractivity contribution in [1.82, 2.24) is 25.5 Å². The normalized spacial score (nSPS) is 13.5. The van der Waals surface area contributed by atoms with Gasteiger partial charge in [0.2, 0.25) is 0 Å². The van der Waals surface area contributed by atoms with Crippen LogP contribution in [0.2, 0.25) is 0 Å². The third-order valence-electron chi connectivity index (χ3n) is 7.72. The molecule has 0 radical (unpaired) electrons. The molecule has 8 aromatic rings. The Bertz CT molecular complexity index is 2730. The van der Waals surface area contributed by atoms with E-state index >= 15 is 0 Å². The van der Waals surface area contributed by atoms with Gasteiger partial charge in [0.1, 0.15) is 11.3 Å². The van der Waals surface area contributed by atoms with Gasteiger partial charge in [0.25, 0.3) is 31.2 Å². The van der Waals surface area contributed by atoms with Crippen molar-refractivity contribution in [2.75, 3.05) is 0 Å². The molecule has 44 heavy (non-hydrogen) atoms. The molecule has 0 aliphatic heterocycles. The van der Waals surface area contributed by atoms with Crippen molar-refractivity contribution in [3.05, 3.63) is 81.4 Å². The molecule has 18 heteroatoms. The van der Waals surface area contributed by atoms with Crippen LogP contribution in [0.4, 0.5) is 0 Å². The monoisotopic (exact) mass is 706 g/mol. The van der Waals surface area contributed by atoms with Gasteiger partial charge < -0.3 is 0 Å². The minimum absolute atomic E-state index is 0.0373. The van der Waals surface area contributed by atoms with E-state index in [0.29, 0.717) is 32.6 Å². The lowest BCUT2D eigenvalue weighted by Gasteiger charge is -2.12. The summed E-state index contributed by atoms with van der Waals surface area (Å²) in [5, 5.41) is 2.53. The van der Waals surface area contributed by atoms with Gasteiger partial charge >= 0.3 is 0 Å². The highest BCUT2D eigenvalue weighted by Gasteiger charge is 2.27. The average molecular weight is 708 g/mol. The summed E-state index contributed by atoms with van der Waals surface area (Å²) in [5.41, 5.74) is 0.639. The molecule has 0 aliphatic carbocycles. The summed E-state index contributed by atoms with van der Waals surface area (Å²) in [6.45, 7) is 0. The number of fused-ring (bicyclic) bond motifs is 8. The van der Waals surface area contributed by atoms with E-state index in [4.69, 9.17) is 47.1 Å². The molecule has 12 nitrogen and oxygen atoms in total. The highest BCUT2D eigenvalue weighted by Crippen LogP contribution is 2.37. The van der Waals surface area contributed by atoms with E-state index in [0.717, 1.165) is 0 Å². The largest absolute Gasteiger partial charge is 0.270 e. The van der Waals surface area contributed by atoms with Crippen LogP contribution in [0.25, 0.3) is 65.7 Å². The Hall–Kier alpha value is -3.60. The summed E-state index contributed by atoms with van der Waals surface area (Å²) < 4.78 is 53.0. The molecule has 220 valence electrons. The molecule has 0 aliphatic rings. The first-order valence-corrected chi connectivity index (χ1v) is 16.5. The van der Waals surface area contributed by atoms with Crippen molar-refractivity contribution in [3.63, 3.8) is 0 Å². The zero-order chi connectivity index (χ0) is 31.0. The molecular weight excluding hydrogens is 698 g/mol.